The molecule has 1 heterocycles. The second-order valence-corrected chi connectivity index (χ2v) is 2.74. The number of aliphatic hydroxyl groups is 1. The third-order valence-electron chi connectivity index (χ3n) is 1.74. The van der Waals surface area contributed by atoms with Gasteiger partial charge < -0.3 is 14.8 Å². The van der Waals surface area contributed by atoms with Gasteiger partial charge in [0, 0.05) is 0 Å². The minimum absolute atomic E-state index is 0.0660. The topological polar surface area (TPSA) is 45.4 Å². The summed E-state index contributed by atoms with van der Waals surface area (Å²) in [4.78, 5) is 0. The molecule has 0 amide bonds. The Morgan fingerprint density at radius 1 is 1.58 bits per heavy atom. The molecule has 1 aromatic rings. The van der Waals surface area contributed by atoms with Crippen LogP contribution in [0.3, 0.4) is 0 Å². The zero-order valence-corrected chi connectivity index (χ0v) is 7.50. The largest absolute Gasteiger partial charge is 0.465 e. The summed E-state index contributed by atoms with van der Waals surface area (Å²) in [6, 6.07) is 3.72. The molecule has 1 atom stereocenters. The number of furan rings is 1. The van der Waals surface area contributed by atoms with E-state index in [-0.39, 0.29) is 12.6 Å². The highest BCUT2D eigenvalue weighted by Crippen LogP contribution is 2.15. The van der Waals surface area contributed by atoms with Gasteiger partial charge in [-0.05, 0) is 25.6 Å². The summed E-state index contributed by atoms with van der Waals surface area (Å²) in [5, 5.41) is 12.1. The summed E-state index contributed by atoms with van der Waals surface area (Å²) in [6.45, 7) is 4.79. The third kappa shape index (κ3) is 2.09. The van der Waals surface area contributed by atoms with E-state index in [1.165, 1.54) is 0 Å². The molecule has 0 aliphatic rings. The molecule has 12 heavy (non-hydrogen) atoms. The normalized spacial score (nSPS) is 13.2. The maximum absolute atomic E-state index is 9.00. The van der Waals surface area contributed by atoms with Crippen LogP contribution in [-0.4, -0.2) is 18.3 Å². The number of aryl methyl sites for hydroxylation is 1. The molecule has 3 nitrogen and oxygen atoms in total. The van der Waals surface area contributed by atoms with Crippen LogP contribution in [0.15, 0.2) is 16.5 Å². The number of rotatable bonds is 4. The van der Waals surface area contributed by atoms with Gasteiger partial charge in [0.05, 0.1) is 12.6 Å². The molecule has 0 fully saturated rings. The molecule has 0 spiro atoms. The number of likely N-dealkylation sites (N-methyl/N-ethyl adjacent to an activating group) is 1. The molecule has 1 unspecified atom stereocenters. The third-order valence-corrected chi connectivity index (χ3v) is 1.74. The van der Waals surface area contributed by atoms with Crippen molar-refractivity contribution in [2.24, 2.45) is 0 Å². The minimum atomic E-state index is -0.0660. The van der Waals surface area contributed by atoms with Crippen molar-refractivity contribution in [2.75, 3.05) is 13.2 Å². The van der Waals surface area contributed by atoms with Crippen molar-refractivity contribution in [3.05, 3.63) is 23.7 Å². The maximum Gasteiger partial charge on any atom is 0.123 e. The van der Waals surface area contributed by atoms with Crippen LogP contribution in [-0.2, 0) is 0 Å². The molecule has 1 rings (SSSR count). The van der Waals surface area contributed by atoms with Crippen molar-refractivity contribution in [3.8, 4) is 0 Å². The van der Waals surface area contributed by atoms with Gasteiger partial charge >= 0.3 is 0 Å². The van der Waals surface area contributed by atoms with Gasteiger partial charge in [-0.1, -0.05) is 6.92 Å². The lowest BCUT2D eigenvalue weighted by atomic mass is 10.2. The molecule has 2 N–H and O–H groups in total. The molecule has 0 bridgehead atoms. The monoisotopic (exact) mass is 169 g/mol. The van der Waals surface area contributed by atoms with Crippen LogP contribution in [0.25, 0.3) is 0 Å². The van der Waals surface area contributed by atoms with Gasteiger partial charge in [-0.25, -0.2) is 0 Å². The van der Waals surface area contributed by atoms with Gasteiger partial charge in [0.15, 0.2) is 0 Å². The number of hydrogen-bond acceptors (Lipinski definition) is 3. The van der Waals surface area contributed by atoms with Gasteiger partial charge in [-0.2, -0.15) is 0 Å². The molecule has 1 aromatic heterocycles. The predicted molar refractivity (Wildman–Crippen MR) is 46.9 cm³/mol. The Balaban J connectivity index is 2.66. The van der Waals surface area contributed by atoms with E-state index in [0.29, 0.717) is 0 Å². The van der Waals surface area contributed by atoms with Crippen molar-refractivity contribution in [1.82, 2.24) is 5.32 Å². The molecule has 0 saturated heterocycles. The molecule has 0 radical (unpaired) electrons. The molecule has 0 aromatic carbocycles. The summed E-state index contributed by atoms with van der Waals surface area (Å²) >= 11 is 0. The summed E-state index contributed by atoms with van der Waals surface area (Å²) < 4.78 is 5.37. The highest BCUT2D eigenvalue weighted by Gasteiger charge is 2.11. The summed E-state index contributed by atoms with van der Waals surface area (Å²) in [5.74, 6) is 1.68. The molecular weight excluding hydrogens is 154 g/mol. The van der Waals surface area contributed by atoms with Crippen LogP contribution < -0.4 is 5.32 Å². The Kier molecular flexibility index (Phi) is 3.31. The number of hydrogen-bond donors (Lipinski definition) is 2. The first-order chi connectivity index (χ1) is 5.77. The van der Waals surface area contributed by atoms with Crippen molar-refractivity contribution in [3.63, 3.8) is 0 Å². The number of aliphatic hydroxyl groups excluding tert-OH is 1. The lowest BCUT2D eigenvalue weighted by Gasteiger charge is -2.11. The van der Waals surface area contributed by atoms with E-state index in [1.807, 2.05) is 26.0 Å². The minimum Gasteiger partial charge on any atom is -0.465 e. The van der Waals surface area contributed by atoms with Gasteiger partial charge in [0.2, 0.25) is 0 Å². The summed E-state index contributed by atoms with van der Waals surface area (Å²) in [5.41, 5.74) is 0. The first kappa shape index (κ1) is 9.29. The Bertz CT molecular complexity index is 232. The second-order valence-electron chi connectivity index (χ2n) is 2.74. The van der Waals surface area contributed by atoms with Crippen LogP contribution in [0.2, 0.25) is 0 Å². The average molecular weight is 169 g/mol. The molecule has 0 aliphatic carbocycles. The Labute approximate surface area is 72.4 Å². The van der Waals surface area contributed by atoms with Gasteiger partial charge in [-0.3, -0.25) is 0 Å². The smallest absolute Gasteiger partial charge is 0.123 e. The molecule has 0 saturated carbocycles. The van der Waals surface area contributed by atoms with E-state index < -0.39 is 0 Å². The van der Waals surface area contributed by atoms with Crippen LogP contribution in [0.4, 0.5) is 0 Å². The lowest BCUT2D eigenvalue weighted by Crippen LogP contribution is -2.23. The molecule has 68 valence electrons. The standard InChI is InChI=1S/C9H15NO2/c1-3-10-8(6-11)9-5-4-7(2)12-9/h4-5,8,10-11H,3,6H2,1-2H3. The van der Waals surface area contributed by atoms with Crippen molar-refractivity contribution in [1.29, 1.82) is 0 Å². The fraction of sp³-hybridized carbons (Fsp3) is 0.556. The first-order valence-corrected chi connectivity index (χ1v) is 4.18. The number of nitrogens with one attached hydrogen (secondary N) is 1. The lowest BCUT2D eigenvalue weighted by molar-refractivity contribution is 0.227. The maximum atomic E-state index is 9.00. The summed E-state index contributed by atoms with van der Waals surface area (Å²) in [7, 11) is 0. The summed E-state index contributed by atoms with van der Waals surface area (Å²) in [6.07, 6.45) is 0. The van der Waals surface area contributed by atoms with Crippen molar-refractivity contribution in [2.45, 2.75) is 19.9 Å². The van der Waals surface area contributed by atoms with E-state index in [1.54, 1.807) is 0 Å². The van der Waals surface area contributed by atoms with Crippen LogP contribution in [0.1, 0.15) is 24.5 Å². The Morgan fingerprint density at radius 3 is 2.75 bits per heavy atom. The van der Waals surface area contributed by atoms with Gasteiger partial charge in [-0.15, -0.1) is 0 Å². The van der Waals surface area contributed by atoms with Crippen LogP contribution >= 0.6 is 0 Å². The van der Waals surface area contributed by atoms with E-state index in [2.05, 4.69) is 5.32 Å². The van der Waals surface area contributed by atoms with Gasteiger partial charge in [0.25, 0.3) is 0 Å². The molecule has 0 aliphatic heterocycles. The van der Waals surface area contributed by atoms with E-state index >= 15 is 0 Å². The highest BCUT2D eigenvalue weighted by atomic mass is 16.3. The van der Waals surface area contributed by atoms with Crippen LogP contribution in [0.5, 0.6) is 0 Å². The van der Waals surface area contributed by atoms with Crippen LogP contribution in [0, 0.1) is 6.92 Å². The molecular formula is C9H15NO2. The second kappa shape index (κ2) is 4.28. The van der Waals surface area contributed by atoms with Crippen molar-refractivity contribution < 1.29 is 9.52 Å². The SMILES string of the molecule is CCNC(CO)c1ccc(C)o1. The fourth-order valence-corrected chi connectivity index (χ4v) is 1.14. The van der Waals surface area contributed by atoms with E-state index in [9.17, 15) is 0 Å². The van der Waals surface area contributed by atoms with Gasteiger partial charge in [0.1, 0.15) is 11.5 Å². The fourth-order valence-electron chi connectivity index (χ4n) is 1.14. The highest BCUT2D eigenvalue weighted by molar-refractivity contribution is 5.09. The average Bonchev–Trinajstić information content (AvgIpc) is 2.47. The zero-order chi connectivity index (χ0) is 8.97. The van der Waals surface area contributed by atoms with E-state index in [4.69, 9.17) is 9.52 Å². The Morgan fingerprint density at radius 2 is 2.33 bits per heavy atom. The van der Waals surface area contributed by atoms with Crippen molar-refractivity contribution >= 4 is 0 Å². The first-order valence-electron chi connectivity index (χ1n) is 4.18. The quantitative estimate of drug-likeness (QED) is 0.712. The van der Waals surface area contributed by atoms with E-state index in [0.717, 1.165) is 18.1 Å². The molecule has 3 heteroatoms. The Hall–Kier alpha value is -0.800. The predicted octanol–water partition coefficient (Wildman–Crippen LogP) is 1.23. The zero-order valence-electron chi connectivity index (χ0n) is 7.50.